The molecule has 6 nitrogen and oxygen atoms in total. The third-order valence-corrected chi connectivity index (χ3v) is 4.58. The zero-order valence-electron chi connectivity index (χ0n) is 16.6. The van der Waals surface area contributed by atoms with Crippen molar-refractivity contribution in [2.75, 3.05) is 39.9 Å². The van der Waals surface area contributed by atoms with Crippen LogP contribution in [0.1, 0.15) is 32.3 Å². The number of nitrogens with zero attached hydrogens (tertiary/aromatic N) is 2. The molecule has 0 radical (unpaired) electrons. The number of carbonyl (C=O) groups is 1. The van der Waals surface area contributed by atoms with Crippen molar-refractivity contribution in [3.63, 3.8) is 0 Å². The lowest BCUT2D eigenvalue weighted by atomic mass is 9.97. The molecule has 7 heteroatoms. The second-order valence-corrected chi connectivity index (χ2v) is 6.31. The van der Waals surface area contributed by atoms with Crippen LogP contribution in [0.4, 0.5) is 0 Å². The zero-order chi connectivity index (χ0) is 18.8. The van der Waals surface area contributed by atoms with Gasteiger partial charge in [-0.1, -0.05) is 18.2 Å². The Hall–Kier alpha value is -1.51. The summed E-state index contributed by atoms with van der Waals surface area (Å²) < 4.78 is 10.5. The third-order valence-electron chi connectivity index (χ3n) is 4.58. The highest BCUT2D eigenvalue weighted by molar-refractivity contribution is 14.0. The van der Waals surface area contributed by atoms with Gasteiger partial charge in [-0.3, -0.25) is 9.79 Å². The van der Waals surface area contributed by atoms with Gasteiger partial charge in [-0.2, -0.15) is 0 Å². The van der Waals surface area contributed by atoms with E-state index in [1.54, 1.807) is 7.11 Å². The van der Waals surface area contributed by atoms with E-state index in [4.69, 9.17) is 14.5 Å². The molecule has 1 aliphatic heterocycles. The fraction of sp³-hybridized carbons (Fsp3) is 0.600. The summed E-state index contributed by atoms with van der Waals surface area (Å²) in [6, 6.07) is 8.05. The van der Waals surface area contributed by atoms with Crippen LogP contribution < -0.4 is 10.1 Å². The van der Waals surface area contributed by atoms with Gasteiger partial charge in [0.25, 0.3) is 0 Å². The second-order valence-electron chi connectivity index (χ2n) is 6.31. The van der Waals surface area contributed by atoms with Crippen LogP contribution in [0.3, 0.4) is 0 Å². The van der Waals surface area contributed by atoms with E-state index in [2.05, 4.69) is 23.2 Å². The van der Waals surface area contributed by atoms with E-state index >= 15 is 0 Å². The number of esters is 1. The normalized spacial score (nSPS) is 15.1. The number of aliphatic imine (C=N–C) groups is 1. The van der Waals surface area contributed by atoms with Gasteiger partial charge in [0.05, 0.1) is 19.6 Å². The maximum atomic E-state index is 11.9. The highest BCUT2D eigenvalue weighted by atomic mass is 127. The van der Waals surface area contributed by atoms with E-state index in [0.29, 0.717) is 13.2 Å². The molecule has 1 saturated heterocycles. The lowest BCUT2D eigenvalue weighted by Gasteiger charge is -2.33. The average Bonchev–Trinajstić information content (AvgIpc) is 2.68. The van der Waals surface area contributed by atoms with E-state index in [0.717, 1.165) is 56.2 Å². The van der Waals surface area contributed by atoms with Crippen LogP contribution in [0.2, 0.25) is 0 Å². The number of benzene rings is 1. The molecular formula is C20H32IN3O3. The quantitative estimate of drug-likeness (QED) is 0.276. The van der Waals surface area contributed by atoms with Crippen LogP contribution >= 0.6 is 24.0 Å². The maximum absolute atomic E-state index is 11.9. The first kappa shape index (κ1) is 23.5. The molecule has 0 atom stereocenters. The first-order valence-electron chi connectivity index (χ1n) is 9.51. The molecule has 1 aliphatic rings. The highest BCUT2D eigenvalue weighted by Gasteiger charge is 2.27. The second kappa shape index (κ2) is 12.8. The summed E-state index contributed by atoms with van der Waals surface area (Å²) in [6.07, 6.45) is 2.46. The minimum absolute atomic E-state index is 0. The number of halogens is 1. The van der Waals surface area contributed by atoms with Crippen molar-refractivity contribution in [3.05, 3.63) is 29.8 Å². The minimum Gasteiger partial charge on any atom is -0.496 e. The summed E-state index contributed by atoms with van der Waals surface area (Å²) in [4.78, 5) is 18.9. The van der Waals surface area contributed by atoms with Crippen LogP contribution in [0.25, 0.3) is 0 Å². The summed E-state index contributed by atoms with van der Waals surface area (Å²) in [5, 5.41) is 3.36. The van der Waals surface area contributed by atoms with Crippen LogP contribution in [-0.4, -0.2) is 56.7 Å². The zero-order valence-corrected chi connectivity index (χ0v) is 18.9. The van der Waals surface area contributed by atoms with E-state index in [1.165, 1.54) is 0 Å². The van der Waals surface area contributed by atoms with Crippen molar-refractivity contribution in [2.24, 2.45) is 10.9 Å². The number of nitrogens with one attached hydrogen (secondary N) is 1. The van der Waals surface area contributed by atoms with Crippen LogP contribution in [0, 0.1) is 5.92 Å². The number of rotatable bonds is 7. The van der Waals surface area contributed by atoms with Gasteiger partial charge in [-0.15, -0.1) is 24.0 Å². The number of hydrogen-bond donors (Lipinski definition) is 1. The predicted molar refractivity (Wildman–Crippen MR) is 119 cm³/mol. The highest BCUT2D eigenvalue weighted by Crippen LogP contribution is 2.20. The standard InChI is InChI=1S/C20H31N3O3.HI/c1-4-21-20(22-13-10-16-8-6-7-9-18(16)25-3)23-14-11-17(12-15-23)19(24)26-5-2;/h6-9,17H,4-5,10-15H2,1-3H3,(H,21,22);1H. The summed E-state index contributed by atoms with van der Waals surface area (Å²) in [7, 11) is 1.69. The maximum Gasteiger partial charge on any atom is 0.309 e. The number of piperidine rings is 1. The molecule has 0 saturated carbocycles. The molecule has 0 spiro atoms. The van der Waals surface area contributed by atoms with Gasteiger partial charge in [-0.05, 0) is 44.7 Å². The molecule has 2 rings (SSSR count). The number of hydrogen-bond acceptors (Lipinski definition) is 4. The Bertz CT molecular complexity index is 602. The van der Waals surface area contributed by atoms with Crippen molar-refractivity contribution in [2.45, 2.75) is 33.1 Å². The van der Waals surface area contributed by atoms with E-state index in [-0.39, 0.29) is 35.9 Å². The van der Waals surface area contributed by atoms with Gasteiger partial charge < -0.3 is 19.7 Å². The average molecular weight is 489 g/mol. The Morgan fingerprint density at radius 1 is 1.26 bits per heavy atom. The number of guanidine groups is 1. The predicted octanol–water partition coefficient (Wildman–Crippen LogP) is 3.10. The van der Waals surface area contributed by atoms with Crippen molar-refractivity contribution < 1.29 is 14.3 Å². The van der Waals surface area contributed by atoms with Gasteiger partial charge >= 0.3 is 5.97 Å². The summed E-state index contributed by atoms with van der Waals surface area (Å²) in [6.45, 7) is 7.54. The van der Waals surface area contributed by atoms with Gasteiger partial charge in [-0.25, -0.2) is 0 Å². The summed E-state index contributed by atoms with van der Waals surface area (Å²) >= 11 is 0. The molecule has 0 unspecified atom stereocenters. The molecule has 1 aromatic carbocycles. The Morgan fingerprint density at radius 2 is 1.96 bits per heavy atom. The fourth-order valence-corrected chi connectivity index (χ4v) is 3.20. The van der Waals surface area contributed by atoms with Crippen molar-refractivity contribution >= 4 is 35.9 Å². The number of likely N-dealkylation sites (tertiary alicyclic amines) is 1. The Balaban J connectivity index is 0.00000364. The fourth-order valence-electron chi connectivity index (χ4n) is 3.20. The number of methoxy groups -OCH3 is 1. The molecule has 0 aromatic heterocycles. The minimum atomic E-state index is -0.0646. The number of ether oxygens (including phenoxy) is 2. The Labute approximate surface area is 179 Å². The molecule has 1 fully saturated rings. The van der Waals surface area contributed by atoms with Gasteiger partial charge in [0.15, 0.2) is 5.96 Å². The molecule has 1 heterocycles. The van der Waals surface area contributed by atoms with Crippen LogP contribution in [0.15, 0.2) is 29.3 Å². The van der Waals surface area contributed by atoms with Crippen molar-refractivity contribution in [3.8, 4) is 5.75 Å². The van der Waals surface area contributed by atoms with Crippen LogP contribution in [0.5, 0.6) is 5.75 Å². The van der Waals surface area contributed by atoms with E-state index in [9.17, 15) is 4.79 Å². The van der Waals surface area contributed by atoms with E-state index < -0.39 is 0 Å². The molecule has 1 N–H and O–H groups in total. The molecule has 0 aliphatic carbocycles. The molecule has 1 aromatic rings. The number of para-hydroxylation sites is 1. The largest absolute Gasteiger partial charge is 0.496 e. The molecular weight excluding hydrogens is 457 g/mol. The smallest absolute Gasteiger partial charge is 0.309 e. The lowest BCUT2D eigenvalue weighted by molar-refractivity contribution is -0.149. The van der Waals surface area contributed by atoms with Crippen molar-refractivity contribution in [1.82, 2.24) is 10.2 Å². The van der Waals surface area contributed by atoms with Gasteiger partial charge in [0.2, 0.25) is 0 Å². The molecule has 0 bridgehead atoms. The first-order chi connectivity index (χ1) is 12.7. The summed E-state index contributed by atoms with van der Waals surface area (Å²) in [5.74, 6) is 1.78. The summed E-state index contributed by atoms with van der Waals surface area (Å²) in [5.41, 5.74) is 1.16. The van der Waals surface area contributed by atoms with E-state index in [1.807, 2.05) is 25.1 Å². The molecule has 27 heavy (non-hydrogen) atoms. The molecule has 0 amide bonds. The van der Waals surface area contributed by atoms with Gasteiger partial charge in [0, 0.05) is 26.2 Å². The lowest BCUT2D eigenvalue weighted by Crippen LogP contribution is -2.46. The molecule has 152 valence electrons. The SMILES string of the molecule is CCNC(=NCCc1ccccc1OC)N1CCC(C(=O)OCC)CC1.I. The third kappa shape index (κ3) is 7.20. The first-order valence-corrected chi connectivity index (χ1v) is 9.51. The van der Waals surface area contributed by atoms with Gasteiger partial charge in [0.1, 0.15) is 5.75 Å². The number of carbonyl (C=O) groups excluding carboxylic acids is 1. The monoisotopic (exact) mass is 489 g/mol. The Kier molecular flexibility index (Phi) is 11.2. The topological polar surface area (TPSA) is 63.2 Å². The van der Waals surface area contributed by atoms with Crippen LogP contribution in [-0.2, 0) is 16.0 Å². The Morgan fingerprint density at radius 3 is 2.59 bits per heavy atom. The van der Waals surface area contributed by atoms with Crippen molar-refractivity contribution in [1.29, 1.82) is 0 Å².